The van der Waals surface area contributed by atoms with Crippen molar-refractivity contribution in [1.29, 1.82) is 0 Å². The predicted octanol–water partition coefficient (Wildman–Crippen LogP) is 1.13. The first-order chi connectivity index (χ1) is 3.79. The zero-order valence-electron chi connectivity index (χ0n) is 4.19. The van der Waals surface area contributed by atoms with E-state index in [1.165, 1.54) is 0 Å². The van der Waals surface area contributed by atoms with E-state index < -0.39 is 0 Å². The van der Waals surface area contributed by atoms with Crippen LogP contribution in [0.25, 0.3) is 0 Å². The normalized spacial score (nSPS) is 9.00. The minimum atomic E-state index is 0.770. The molecule has 0 aliphatic heterocycles. The summed E-state index contributed by atoms with van der Waals surface area (Å²) in [6, 6.07) is 7.48. The van der Waals surface area contributed by atoms with E-state index in [0.29, 0.717) is 0 Å². The Labute approximate surface area is 56.9 Å². The van der Waals surface area contributed by atoms with Crippen LogP contribution < -0.4 is 5.19 Å². The van der Waals surface area contributed by atoms with E-state index in [9.17, 15) is 0 Å². The van der Waals surface area contributed by atoms with Crippen molar-refractivity contribution in [1.82, 2.24) is 0 Å². The van der Waals surface area contributed by atoms with Crippen LogP contribution in [0.15, 0.2) is 24.3 Å². The first-order valence-electron chi connectivity index (χ1n) is 2.26. The van der Waals surface area contributed by atoms with E-state index in [1.807, 2.05) is 24.3 Å². The lowest BCUT2D eigenvalue weighted by molar-refractivity contribution is 1.77. The highest BCUT2D eigenvalue weighted by atomic mass is 35.5. The standard InChI is InChI=1S/C6H4ClSi/c7-5-1-3-6(8)4-2-5/h1-4H/q+2. The topological polar surface area (TPSA) is 0 Å². The van der Waals surface area contributed by atoms with E-state index in [4.69, 9.17) is 11.6 Å². The second kappa shape index (κ2) is 2.33. The summed E-state index contributed by atoms with van der Waals surface area (Å²) < 4.78 is 0. The summed E-state index contributed by atoms with van der Waals surface area (Å²) in [5, 5.41) is 1.82. The van der Waals surface area contributed by atoms with Gasteiger partial charge in [-0.2, -0.15) is 0 Å². The lowest BCUT2D eigenvalue weighted by atomic mass is 10.4. The summed E-state index contributed by atoms with van der Waals surface area (Å²) in [6.45, 7) is 0. The maximum absolute atomic E-state index is 5.59. The molecule has 1 radical (unpaired) electrons. The van der Waals surface area contributed by atoms with Crippen molar-refractivity contribution in [3.8, 4) is 0 Å². The molecule has 0 aliphatic carbocycles. The Balaban J connectivity index is 3.03. The van der Waals surface area contributed by atoms with E-state index in [1.54, 1.807) is 0 Å². The van der Waals surface area contributed by atoms with Gasteiger partial charge in [0.25, 0.3) is 0 Å². The molecule has 0 spiro atoms. The van der Waals surface area contributed by atoms with Gasteiger partial charge in [0.1, 0.15) is 0 Å². The van der Waals surface area contributed by atoms with Gasteiger partial charge in [-0.25, -0.2) is 0 Å². The Morgan fingerprint density at radius 2 is 1.62 bits per heavy atom. The summed E-state index contributed by atoms with van der Waals surface area (Å²) in [5.74, 6) is 0. The van der Waals surface area contributed by atoms with Crippen LogP contribution >= 0.6 is 11.6 Å². The van der Waals surface area contributed by atoms with Crippen molar-refractivity contribution in [2.24, 2.45) is 0 Å². The summed E-state index contributed by atoms with van der Waals surface area (Å²) in [6.07, 6.45) is 0. The molecule has 1 rings (SSSR count). The number of rotatable bonds is 0. The van der Waals surface area contributed by atoms with Gasteiger partial charge in [-0.1, -0.05) is 11.6 Å². The third-order valence-corrected chi connectivity index (χ3v) is 1.43. The fourth-order valence-corrected chi connectivity index (χ4v) is 0.743. The van der Waals surface area contributed by atoms with Crippen LogP contribution in [0.2, 0.25) is 5.02 Å². The first-order valence-corrected chi connectivity index (χ1v) is 3.14. The summed E-state index contributed by atoms with van der Waals surface area (Å²) >= 11 is 5.59. The molecule has 0 aromatic heterocycles. The minimum Gasteiger partial charge on any atom is -0.0843 e. The van der Waals surface area contributed by atoms with Gasteiger partial charge in [0, 0.05) is 17.2 Å². The third kappa shape index (κ3) is 1.35. The Bertz CT molecular complexity index is 147. The van der Waals surface area contributed by atoms with Gasteiger partial charge in [-0.05, 0) is 12.1 Å². The predicted molar refractivity (Wildman–Crippen MR) is 36.8 cm³/mol. The van der Waals surface area contributed by atoms with Crippen molar-refractivity contribution in [3.63, 3.8) is 0 Å². The number of benzene rings is 1. The largest absolute Gasteiger partial charge is 1.44 e. The zero-order chi connectivity index (χ0) is 5.98. The minimum absolute atomic E-state index is 0.770. The molecule has 0 unspecified atom stereocenters. The van der Waals surface area contributed by atoms with E-state index >= 15 is 0 Å². The van der Waals surface area contributed by atoms with Crippen molar-refractivity contribution in [2.75, 3.05) is 0 Å². The van der Waals surface area contributed by atoms with Crippen LogP contribution in [0.4, 0.5) is 0 Å². The van der Waals surface area contributed by atoms with Crippen molar-refractivity contribution >= 4 is 27.0 Å². The zero-order valence-corrected chi connectivity index (χ0v) is 5.94. The van der Waals surface area contributed by atoms with E-state index in [0.717, 1.165) is 10.2 Å². The van der Waals surface area contributed by atoms with Gasteiger partial charge in [0.2, 0.25) is 0 Å². The van der Waals surface area contributed by atoms with E-state index in [2.05, 4.69) is 10.2 Å². The Morgan fingerprint density at radius 1 is 1.12 bits per heavy atom. The molecule has 0 amide bonds. The molecule has 8 heavy (non-hydrogen) atoms. The monoisotopic (exact) mass is 139 g/mol. The van der Waals surface area contributed by atoms with Crippen molar-refractivity contribution < 1.29 is 0 Å². The fourth-order valence-electron chi connectivity index (χ4n) is 0.450. The maximum atomic E-state index is 5.59. The Morgan fingerprint density at radius 3 is 2.00 bits per heavy atom. The first kappa shape index (κ1) is 5.86. The fraction of sp³-hybridized carbons (Fsp3) is 0. The Kier molecular flexibility index (Phi) is 1.71. The van der Waals surface area contributed by atoms with Crippen LogP contribution in [0.1, 0.15) is 0 Å². The average Bonchev–Trinajstić information content (AvgIpc) is 1.77. The molecule has 0 aliphatic rings. The molecular formula is C6H4ClSi+2. The molecule has 0 atom stereocenters. The van der Waals surface area contributed by atoms with Gasteiger partial charge in [-0.15, -0.1) is 0 Å². The molecular weight excluding hydrogens is 136 g/mol. The molecule has 0 fully saturated rings. The van der Waals surface area contributed by atoms with Crippen molar-refractivity contribution in [3.05, 3.63) is 29.3 Å². The van der Waals surface area contributed by atoms with Gasteiger partial charge in [0.05, 0.1) is 0 Å². The van der Waals surface area contributed by atoms with Crippen LogP contribution in [-0.4, -0.2) is 10.2 Å². The van der Waals surface area contributed by atoms with Crippen molar-refractivity contribution in [2.45, 2.75) is 0 Å². The Hall–Kier alpha value is -0.273. The highest BCUT2D eigenvalue weighted by Crippen LogP contribution is 2.02. The highest BCUT2D eigenvalue weighted by Gasteiger charge is 2.28. The lowest BCUT2D eigenvalue weighted by Crippen LogP contribution is -1.97. The molecule has 2 heteroatoms. The van der Waals surface area contributed by atoms with Crippen LogP contribution in [-0.2, 0) is 0 Å². The number of hydrogen-bond donors (Lipinski definition) is 0. The maximum Gasteiger partial charge on any atom is 1.44 e. The van der Waals surface area contributed by atoms with Crippen LogP contribution in [0.5, 0.6) is 0 Å². The molecule has 0 saturated heterocycles. The molecule has 0 N–H and O–H groups in total. The lowest BCUT2D eigenvalue weighted by Gasteiger charge is -1.77. The second-order valence-electron chi connectivity index (χ2n) is 1.51. The second-order valence-corrected chi connectivity index (χ2v) is 2.52. The SMILES string of the molecule is [Si+2]c1ccc(Cl)cc1. The summed E-state index contributed by atoms with van der Waals surface area (Å²) in [4.78, 5) is 0. The van der Waals surface area contributed by atoms with Gasteiger partial charge in [-0.3, -0.25) is 0 Å². The smallest absolute Gasteiger partial charge is 0.0843 e. The van der Waals surface area contributed by atoms with Crippen LogP contribution in [0, 0.1) is 0 Å². The molecule has 37 valence electrons. The summed E-state index contributed by atoms with van der Waals surface area (Å²) in [7, 11) is 3.33. The molecule has 0 nitrogen and oxygen atoms in total. The average molecular weight is 140 g/mol. The molecule has 1 aromatic rings. The number of halogens is 1. The quantitative estimate of drug-likeness (QED) is 0.473. The van der Waals surface area contributed by atoms with Gasteiger partial charge < -0.3 is 0 Å². The number of hydrogen-bond acceptors (Lipinski definition) is 0. The third-order valence-electron chi connectivity index (χ3n) is 0.844. The molecule has 1 aromatic carbocycles. The van der Waals surface area contributed by atoms with E-state index in [-0.39, 0.29) is 0 Å². The van der Waals surface area contributed by atoms with Gasteiger partial charge >= 0.3 is 15.4 Å². The molecule has 0 saturated carbocycles. The summed E-state index contributed by atoms with van der Waals surface area (Å²) in [5.41, 5.74) is 0. The molecule has 0 bridgehead atoms. The molecule has 0 heterocycles. The van der Waals surface area contributed by atoms with Crippen LogP contribution in [0.3, 0.4) is 0 Å². The van der Waals surface area contributed by atoms with Gasteiger partial charge in [0.15, 0.2) is 0 Å². The highest BCUT2D eigenvalue weighted by molar-refractivity contribution is 6.34.